The van der Waals surface area contributed by atoms with Crippen LogP contribution < -0.4 is 9.64 Å². The lowest BCUT2D eigenvalue weighted by Crippen LogP contribution is -2.32. The molecule has 0 saturated carbocycles. The van der Waals surface area contributed by atoms with Gasteiger partial charge in [0.05, 0.1) is 29.4 Å². The van der Waals surface area contributed by atoms with Crippen molar-refractivity contribution in [3.05, 3.63) is 71.0 Å². The minimum atomic E-state index is -0.791. The van der Waals surface area contributed by atoms with Crippen LogP contribution in [0.2, 0.25) is 0 Å². The highest BCUT2D eigenvalue weighted by Gasteiger charge is 2.46. The Morgan fingerprint density at radius 3 is 2.16 bits per heavy atom. The highest BCUT2D eigenvalue weighted by Crippen LogP contribution is 2.43. The minimum absolute atomic E-state index is 0.0102. The Kier molecular flexibility index (Phi) is 5.90. The molecule has 1 unspecified atom stereocenters. The molecule has 0 aromatic heterocycles. The monoisotopic (exact) mass is 418 g/mol. The quantitative estimate of drug-likeness (QED) is 0.749. The van der Waals surface area contributed by atoms with E-state index >= 15 is 0 Å². The van der Waals surface area contributed by atoms with Gasteiger partial charge in [-0.3, -0.25) is 14.5 Å². The predicted molar refractivity (Wildman–Crippen MR) is 118 cm³/mol. The SMILES string of the molecule is CC(C)Oc1ccc(C2C(C(=O)C(C)(C)C)=C(O)C(=O)N2c2ccc(C#N)cc2)cc1. The van der Waals surface area contributed by atoms with E-state index in [2.05, 4.69) is 0 Å². The summed E-state index contributed by atoms with van der Waals surface area (Å²) in [7, 11) is 0. The Morgan fingerprint density at radius 2 is 1.68 bits per heavy atom. The second-order valence-corrected chi connectivity index (χ2v) is 8.81. The number of nitriles is 1. The number of hydrogen-bond acceptors (Lipinski definition) is 5. The number of Topliss-reactive ketones (excluding diaryl/α,β-unsaturated/α-hetero) is 1. The standard InChI is InChI=1S/C25H26N2O4/c1-15(2)31-19-12-8-17(9-13-19)21-20(23(29)25(3,4)5)22(28)24(30)27(21)18-10-6-16(14-26)7-11-18/h6-13,15,21,28H,1-5H3. The minimum Gasteiger partial charge on any atom is -0.503 e. The molecule has 0 saturated heterocycles. The average Bonchev–Trinajstić information content (AvgIpc) is 2.98. The Balaban J connectivity index is 2.13. The van der Waals surface area contributed by atoms with E-state index in [0.717, 1.165) is 0 Å². The zero-order valence-electron chi connectivity index (χ0n) is 18.3. The van der Waals surface area contributed by atoms with E-state index in [9.17, 15) is 14.7 Å². The third-order valence-corrected chi connectivity index (χ3v) is 4.98. The summed E-state index contributed by atoms with van der Waals surface area (Å²) < 4.78 is 5.70. The van der Waals surface area contributed by atoms with Gasteiger partial charge in [0.15, 0.2) is 11.5 Å². The van der Waals surface area contributed by atoms with Crippen LogP contribution in [0.5, 0.6) is 5.75 Å². The van der Waals surface area contributed by atoms with Crippen LogP contribution in [0.4, 0.5) is 5.69 Å². The van der Waals surface area contributed by atoms with Crippen LogP contribution in [-0.2, 0) is 9.59 Å². The molecular weight excluding hydrogens is 392 g/mol. The number of aliphatic hydroxyl groups excluding tert-OH is 1. The Morgan fingerprint density at radius 1 is 1.10 bits per heavy atom. The molecule has 1 aliphatic heterocycles. The third-order valence-electron chi connectivity index (χ3n) is 4.98. The first kappa shape index (κ1) is 22.1. The fourth-order valence-electron chi connectivity index (χ4n) is 3.52. The molecule has 0 spiro atoms. The first-order chi connectivity index (χ1) is 14.5. The van der Waals surface area contributed by atoms with Crippen molar-refractivity contribution in [2.24, 2.45) is 5.41 Å². The maximum absolute atomic E-state index is 13.2. The number of anilines is 1. The maximum atomic E-state index is 13.2. The number of aliphatic hydroxyl groups is 1. The van der Waals surface area contributed by atoms with Crippen LogP contribution in [-0.4, -0.2) is 22.9 Å². The molecule has 6 nitrogen and oxygen atoms in total. The van der Waals surface area contributed by atoms with Gasteiger partial charge in [0, 0.05) is 11.1 Å². The molecule has 0 bridgehead atoms. The first-order valence-corrected chi connectivity index (χ1v) is 10.1. The van der Waals surface area contributed by atoms with E-state index in [1.807, 2.05) is 19.9 Å². The summed E-state index contributed by atoms with van der Waals surface area (Å²) in [6.07, 6.45) is 0.0102. The Labute approximate surface area is 182 Å². The van der Waals surface area contributed by atoms with Crippen molar-refractivity contribution in [3.8, 4) is 11.8 Å². The maximum Gasteiger partial charge on any atom is 0.294 e. The lowest BCUT2D eigenvalue weighted by molar-refractivity contribution is -0.123. The zero-order chi connectivity index (χ0) is 22.9. The van der Waals surface area contributed by atoms with E-state index in [-0.39, 0.29) is 17.5 Å². The van der Waals surface area contributed by atoms with Gasteiger partial charge in [0.2, 0.25) is 0 Å². The van der Waals surface area contributed by atoms with Crippen molar-refractivity contribution >= 4 is 17.4 Å². The van der Waals surface area contributed by atoms with E-state index < -0.39 is 23.1 Å². The van der Waals surface area contributed by atoms with Crippen molar-refractivity contribution < 1.29 is 19.4 Å². The van der Waals surface area contributed by atoms with Crippen molar-refractivity contribution in [1.29, 1.82) is 5.26 Å². The lowest BCUT2D eigenvalue weighted by atomic mass is 9.82. The number of carbonyl (C=O) groups excluding carboxylic acids is 2. The second-order valence-electron chi connectivity index (χ2n) is 8.81. The van der Waals surface area contributed by atoms with Crippen LogP contribution in [0.1, 0.15) is 51.8 Å². The van der Waals surface area contributed by atoms with Gasteiger partial charge >= 0.3 is 0 Å². The fourth-order valence-corrected chi connectivity index (χ4v) is 3.52. The topological polar surface area (TPSA) is 90.6 Å². The Hall–Kier alpha value is -3.59. The molecule has 0 radical (unpaired) electrons. The second kappa shape index (κ2) is 8.27. The molecular formula is C25H26N2O4. The molecule has 1 amide bonds. The number of rotatable bonds is 5. The molecule has 31 heavy (non-hydrogen) atoms. The normalized spacial score (nSPS) is 16.6. The predicted octanol–water partition coefficient (Wildman–Crippen LogP) is 4.86. The van der Waals surface area contributed by atoms with Gasteiger partial charge in [-0.05, 0) is 55.8 Å². The number of ether oxygens (including phenoxy) is 1. The average molecular weight is 418 g/mol. The van der Waals surface area contributed by atoms with Gasteiger partial charge in [-0.2, -0.15) is 5.26 Å². The third kappa shape index (κ3) is 4.31. The molecule has 0 fully saturated rings. The van der Waals surface area contributed by atoms with E-state index in [1.54, 1.807) is 69.3 Å². The highest BCUT2D eigenvalue weighted by molar-refractivity contribution is 6.17. The zero-order valence-corrected chi connectivity index (χ0v) is 18.3. The summed E-state index contributed by atoms with van der Waals surface area (Å²) in [4.78, 5) is 27.7. The summed E-state index contributed by atoms with van der Waals surface area (Å²) in [6.45, 7) is 9.11. The molecule has 2 aromatic rings. The van der Waals surface area contributed by atoms with Gasteiger partial charge in [-0.1, -0.05) is 32.9 Å². The highest BCUT2D eigenvalue weighted by atomic mass is 16.5. The molecule has 160 valence electrons. The van der Waals surface area contributed by atoms with Gasteiger partial charge in [-0.15, -0.1) is 0 Å². The van der Waals surface area contributed by atoms with E-state index in [1.165, 1.54) is 4.90 Å². The van der Waals surface area contributed by atoms with Crippen LogP contribution >= 0.6 is 0 Å². The summed E-state index contributed by atoms with van der Waals surface area (Å²) in [5.74, 6) is -0.825. The van der Waals surface area contributed by atoms with Crippen LogP contribution in [0.25, 0.3) is 0 Å². The van der Waals surface area contributed by atoms with Gasteiger partial charge in [0.25, 0.3) is 5.91 Å². The van der Waals surface area contributed by atoms with E-state index in [0.29, 0.717) is 22.6 Å². The molecule has 2 aromatic carbocycles. The molecule has 1 atom stereocenters. The van der Waals surface area contributed by atoms with Crippen molar-refractivity contribution in [1.82, 2.24) is 0 Å². The molecule has 6 heteroatoms. The smallest absolute Gasteiger partial charge is 0.294 e. The lowest BCUT2D eigenvalue weighted by Gasteiger charge is -2.29. The summed E-state index contributed by atoms with van der Waals surface area (Å²) in [6, 6.07) is 14.9. The summed E-state index contributed by atoms with van der Waals surface area (Å²) in [5.41, 5.74) is 0.887. The molecule has 0 aliphatic carbocycles. The first-order valence-electron chi connectivity index (χ1n) is 10.1. The molecule has 3 rings (SSSR count). The number of carbonyl (C=O) groups is 2. The van der Waals surface area contributed by atoms with E-state index in [4.69, 9.17) is 10.00 Å². The number of nitrogens with zero attached hydrogens (tertiary/aromatic N) is 2. The molecule has 1 heterocycles. The van der Waals surface area contributed by atoms with Crippen LogP contribution in [0.15, 0.2) is 59.9 Å². The van der Waals surface area contributed by atoms with Crippen LogP contribution in [0, 0.1) is 16.7 Å². The van der Waals surface area contributed by atoms with Crippen molar-refractivity contribution in [2.45, 2.75) is 46.8 Å². The molecule has 1 aliphatic rings. The fraction of sp³-hybridized carbons (Fsp3) is 0.320. The summed E-state index contributed by atoms with van der Waals surface area (Å²) >= 11 is 0. The van der Waals surface area contributed by atoms with Crippen molar-refractivity contribution in [2.75, 3.05) is 4.90 Å². The number of hydrogen-bond donors (Lipinski definition) is 1. The van der Waals surface area contributed by atoms with Crippen LogP contribution in [0.3, 0.4) is 0 Å². The Bertz CT molecular complexity index is 1070. The van der Waals surface area contributed by atoms with Gasteiger partial charge in [-0.25, -0.2) is 0 Å². The summed E-state index contributed by atoms with van der Waals surface area (Å²) in [5, 5.41) is 19.8. The number of ketones is 1. The largest absolute Gasteiger partial charge is 0.503 e. The van der Waals surface area contributed by atoms with Gasteiger partial charge in [0.1, 0.15) is 5.75 Å². The number of amides is 1. The van der Waals surface area contributed by atoms with Gasteiger partial charge < -0.3 is 9.84 Å². The number of benzene rings is 2. The molecule has 1 N–H and O–H groups in total. The van der Waals surface area contributed by atoms with Crippen molar-refractivity contribution in [3.63, 3.8) is 0 Å².